The molecule has 2 aliphatic heterocycles. The quantitative estimate of drug-likeness (QED) is 0.315. The Balaban J connectivity index is 0.00000341. The van der Waals surface area contributed by atoms with Crippen molar-refractivity contribution < 1.29 is 9.53 Å². The van der Waals surface area contributed by atoms with Crippen LogP contribution in [0.1, 0.15) is 50.6 Å². The number of carbonyl (C=O) groups excluding carboxylic acids is 1. The molecule has 0 radical (unpaired) electrons. The largest absolute Gasteiger partial charge is 0.496 e. The zero-order valence-corrected chi connectivity index (χ0v) is 21.4. The smallest absolute Gasteiger partial charge is 0.222 e. The molecule has 0 aliphatic carbocycles. The number of aliphatic imine (C=N–C) groups is 1. The Hall–Kier alpha value is -1.55. The van der Waals surface area contributed by atoms with Gasteiger partial charge in [0.05, 0.1) is 13.2 Å². The first-order chi connectivity index (χ1) is 14.7. The number of amides is 1. The second-order valence-electron chi connectivity index (χ2n) is 8.13. The number of carbonyl (C=O) groups is 1. The molecule has 7 nitrogen and oxygen atoms in total. The van der Waals surface area contributed by atoms with E-state index in [4.69, 9.17) is 4.74 Å². The molecule has 2 atom stereocenters. The normalized spacial score (nSPS) is 20.7. The van der Waals surface area contributed by atoms with Crippen molar-refractivity contribution in [1.82, 2.24) is 20.4 Å². The predicted molar refractivity (Wildman–Crippen MR) is 136 cm³/mol. The number of halogens is 1. The number of para-hydroxylation sites is 1. The first-order valence-electron chi connectivity index (χ1n) is 11.3. The highest BCUT2D eigenvalue weighted by Crippen LogP contribution is 2.30. The molecule has 8 heteroatoms. The summed E-state index contributed by atoms with van der Waals surface area (Å²) in [6.07, 6.45) is 5.30. The zero-order valence-electron chi connectivity index (χ0n) is 19.1. The van der Waals surface area contributed by atoms with Gasteiger partial charge < -0.3 is 20.3 Å². The molecule has 0 bridgehead atoms. The first kappa shape index (κ1) is 25.7. The lowest BCUT2D eigenvalue weighted by atomic mass is 10.0. The summed E-state index contributed by atoms with van der Waals surface area (Å²) in [5.74, 6) is 1.95. The Morgan fingerprint density at radius 3 is 2.65 bits per heavy atom. The molecule has 1 aromatic carbocycles. The summed E-state index contributed by atoms with van der Waals surface area (Å²) in [6, 6.07) is 8.78. The van der Waals surface area contributed by atoms with Crippen LogP contribution in [-0.4, -0.2) is 74.6 Å². The van der Waals surface area contributed by atoms with Crippen molar-refractivity contribution in [3.63, 3.8) is 0 Å². The number of likely N-dealkylation sites (tertiary alicyclic amines) is 2. The summed E-state index contributed by atoms with van der Waals surface area (Å²) >= 11 is 0. The second kappa shape index (κ2) is 13.1. The Morgan fingerprint density at radius 1 is 1.23 bits per heavy atom. The van der Waals surface area contributed by atoms with Crippen molar-refractivity contribution in [1.29, 1.82) is 0 Å². The minimum atomic E-state index is 0. The predicted octanol–water partition coefficient (Wildman–Crippen LogP) is 3.02. The minimum Gasteiger partial charge on any atom is -0.496 e. The first-order valence-corrected chi connectivity index (χ1v) is 11.3. The summed E-state index contributed by atoms with van der Waals surface area (Å²) < 4.78 is 5.66. The molecule has 2 N–H and O–H groups in total. The van der Waals surface area contributed by atoms with E-state index in [2.05, 4.69) is 32.7 Å². The lowest BCUT2D eigenvalue weighted by Crippen LogP contribution is -2.48. The summed E-state index contributed by atoms with van der Waals surface area (Å²) in [6.45, 7) is 6.45. The third kappa shape index (κ3) is 6.97. The monoisotopic (exact) mass is 543 g/mol. The molecule has 2 saturated heterocycles. The maximum atomic E-state index is 12.0. The third-order valence-electron chi connectivity index (χ3n) is 6.20. The molecule has 1 aromatic rings. The van der Waals surface area contributed by atoms with E-state index in [1.807, 2.05) is 24.0 Å². The Labute approximate surface area is 204 Å². The number of piperidine rings is 1. The molecule has 1 amide bonds. The standard InChI is InChI=1S/C23H37N5O2.HI/c1-4-22(29)28-15-12-18(17-28)26-23(24-2)25-16-20(27-13-8-5-9-14-27)19-10-6-7-11-21(19)30-3;/h6-7,10-11,18,20H,4-5,8-9,12-17H2,1-3H3,(H2,24,25,26);1H. The maximum absolute atomic E-state index is 12.0. The highest BCUT2D eigenvalue weighted by Gasteiger charge is 2.27. The number of nitrogens with zero attached hydrogens (tertiary/aromatic N) is 3. The van der Waals surface area contributed by atoms with Crippen LogP contribution < -0.4 is 15.4 Å². The van der Waals surface area contributed by atoms with Gasteiger partial charge in [-0.1, -0.05) is 31.5 Å². The van der Waals surface area contributed by atoms with Crippen LogP contribution in [0.15, 0.2) is 29.3 Å². The van der Waals surface area contributed by atoms with Crippen molar-refractivity contribution >= 4 is 35.8 Å². The highest BCUT2D eigenvalue weighted by molar-refractivity contribution is 14.0. The molecule has 2 heterocycles. The van der Waals surface area contributed by atoms with Gasteiger partial charge in [-0.15, -0.1) is 24.0 Å². The number of nitrogens with one attached hydrogen (secondary N) is 2. The molecule has 31 heavy (non-hydrogen) atoms. The number of hydrogen-bond acceptors (Lipinski definition) is 4. The Morgan fingerprint density at radius 2 is 1.97 bits per heavy atom. The maximum Gasteiger partial charge on any atom is 0.222 e. The van der Waals surface area contributed by atoms with E-state index in [0.29, 0.717) is 6.42 Å². The average molecular weight is 543 g/mol. The minimum absolute atomic E-state index is 0. The third-order valence-corrected chi connectivity index (χ3v) is 6.20. The lowest BCUT2D eigenvalue weighted by Gasteiger charge is -2.36. The molecule has 2 aliphatic rings. The van der Waals surface area contributed by atoms with E-state index in [1.165, 1.54) is 24.8 Å². The van der Waals surface area contributed by atoms with Crippen LogP contribution in [0.25, 0.3) is 0 Å². The van der Waals surface area contributed by atoms with Gasteiger partial charge in [-0.3, -0.25) is 14.7 Å². The van der Waals surface area contributed by atoms with Crippen molar-refractivity contribution in [3.8, 4) is 5.75 Å². The number of ether oxygens (including phenoxy) is 1. The summed E-state index contributed by atoms with van der Waals surface area (Å²) in [5, 5.41) is 7.05. The lowest BCUT2D eigenvalue weighted by molar-refractivity contribution is -0.129. The van der Waals surface area contributed by atoms with Crippen molar-refractivity contribution in [3.05, 3.63) is 29.8 Å². The molecule has 2 fully saturated rings. The number of guanidine groups is 1. The second-order valence-corrected chi connectivity index (χ2v) is 8.13. The molecule has 0 spiro atoms. The zero-order chi connectivity index (χ0) is 21.3. The van der Waals surface area contributed by atoms with Gasteiger partial charge in [-0.05, 0) is 38.4 Å². The fourth-order valence-electron chi connectivity index (χ4n) is 4.52. The Kier molecular flexibility index (Phi) is 10.9. The molecule has 2 unspecified atom stereocenters. The number of benzene rings is 1. The Bertz CT molecular complexity index is 724. The van der Waals surface area contributed by atoms with E-state index in [9.17, 15) is 4.79 Å². The van der Waals surface area contributed by atoms with Gasteiger partial charge in [0.15, 0.2) is 5.96 Å². The van der Waals surface area contributed by atoms with Gasteiger partial charge in [0.25, 0.3) is 0 Å². The van der Waals surface area contributed by atoms with Crippen LogP contribution >= 0.6 is 24.0 Å². The van der Waals surface area contributed by atoms with Crippen molar-refractivity contribution in [2.24, 2.45) is 4.99 Å². The van der Waals surface area contributed by atoms with Crippen LogP contribution in [0, 0.1) is 0 Å². The van der Waals surface area contributed by atoms with Gasteiger partial charge in [0.2, 0.25) is 5.91 Å². The van der Waals surface area contributed by atoms with E-state index >= 15 is 0 Å². The molecule has 174 valence electrons. The fraction of sp³-hybridized carbons (Fsp3) is 0.652. The van der Waals surface area contributed by atoms with Crippen LogP contribution in [-0.2, 0) is 4.79 Å². The highest BCUT2D eigenvalue weighted by atomic mass is 127. The van der Waals surface area contributed by atoms with Crippen molar-refractivity contribution in [2.45, 2.75) is 51.1 Å². The van der Waals surface area contributed by atoms with Gasteiger partial charge in [0, 0.05) is 44.7 Å². The van der Waals surface area contributed by atoms with E-state index < -0.39 is 0 Å². The number of hydrogen-bond donors (Lipinski definition) is 2. The van der Waals surface area contributed by atoms with Gasteiger partial charge >= 0.3 is 0 Å². The topological polar surface area (TPSA) is 69.2 Å². The van der Waals surface area contributed by atoms with E-state index in [1.54, 1.807) is 14.2 Å². The van der Waals surface area contributed by atoms with Gasteiger partial charge in [-0.2, -0.15) is 0 Å². The number of methoxy groups -OCH3 is 1. The summed E-state index contributed by atoms with van der Waals surface area (Å²) in [5.41, 5.74) is 1.21. The molecule has 3 rings (SSSR count). The summed E-state index contributed by atoms with van der Waals surface area (Å²) in [7, 11) is 3.54. The fourth-order valence-corrected chi connectivity index (χ4v) is 4.52. The average Bonchev–Trinajstić information content (AvgIpc) is 3.27. The van der Waals surface area contributed by atoms with Gasteiger partial charge in [0.1, 0.15) is 5.75 Å². The van der Waals surface area contributed by atoms with Gasteiger partial charge in [-0.25, -0.2) is 0 Å². The van der Waals surface area contributed by atoms with E-state index in [0.717, 1.165) is 50.9 Å². The SMILES string of the molecule is CCC(=O)N1CCC(NC(=NC)NCC(c2ccccc2OC)N2CCCCC2)C1.I. The van der Waals surface area contributed by atoms with Crippen LogP contribution in [0.3, 0.4) is 0 Å². The van der Waals surface area contributed by atoms with Crippen LogP contribution in [0.4, 0.5) is 0 Å². The molecule has 0 saturated carbocycles. The van der Waals surface area contributed by atoms with Crippen LogP contribution in [0.5, 0.6) is 5.75 Å². The molecular formula is C23H38IN5O2. The number of rotatable bonds is 7. The molecular weight excluding hydrogens is 505 g/mol. The van der Waals surface area contributed by atoms with Crippen LogP contribution in [0.2, 0.25) is 0 Å². The summed E-state index contributed by atoms with van der Waals surface area (Å²) in [4.78, 5) is 20.9. The van der Waals surface area contributed by atoms with Crippen molar-refractivity contribution in [2.75, 3.05) is 46.9 Å². The van der Waals surface area contributed by atoms with E-state index in [-0.39, 0.29) is 42.0 Å². The molecule has 0 aromatic heterocycles.